The minimum atomic E-state index is -0.298. The second-order valence-electron chi connectivity index (χ2n) is 3.72. The van der Waals surface area contributed by atoms with Gasteiger partial charge in [-0.15, -0.1) is 0 Å². The lowest BCUT2D eigenvalue weighted by molar-refractivity contribution is -0.120. The summed E-state index contributed by atoms with van der Waals surface area (Å²) in [5, 5.41) is 8.56. The summed E-state index contributed by atoms with van der Waals surface area (Å²) in [5.74, 6) is 0.265. The fourth-order valence-electron chi connectivity index (χ4n) is 1.01. The quantitative estimate of drug-likeness (QED) is 0.659. The highest BCUT2D eigenvalue weighted by molar-refractivity contribution is 5.78. The average Bonchev–Trinajstić information content (AvgIpc) is 2.11. The van der Waals surface area contributed by atoms with Crippen molar-refractivity contribution < 1.29 is 14.6 Å². The van der Waals surface area contributed by atoms with E-state index in [1.165, 1.54) is 0 Å². The lowest BCUT2D eigenvalue weighted by Crippen LogP contribution is -2.26. The molecule has 0 aromatic carbocycles. The predicted octanol–water partition coefficient (Wildman–Crippen LogP) is 1.53. The lowest BCUT2D eigenvalue weighted by Gasteiger charge is -2.24. The van der Waals surface area contributed by atoms with E-state index in [9.17, 15) is 4.79 Å². The number of hydrogen-bond donors (Lipinski definition) is 1. The van der Waals surface area contributed by atoms with Crippen molar-refractivity contribution in [2.45, 2.75) is 45.6 Å². The van der Waals surface area contributed by atoms with Gasteiger partial charge in [-0.2, -0.15) is 0 Å². The summed E-state index contributed by atoms with van der Waals surface area (Å²) in [6, 6.07) is 0. The maximum Gasteiger partial charge on any atom is 0.132 e. The summed E-state index contributed by atoms with van der Waals surface area (Å²) in [7, 11) is 0. The van der Waals surface area contributed by atoms with Gasteiger partial charge in [0.05, 0.1) is 18.8 Å². The van der Waals surface area contributed by atoms with Crippen molar-refractivity contribution in [1.29, 1.82) is 0 Å². The van der Waals surface area contributed by atoms with Crippen LogP contribution in [0.1, 0.15) is 40.0 Å². The van der Waals surface area contributed by atoms with Crippen molar-refractivity contribution in [2.75, 3.05) is 13.2 Å². The minimum Gasteiger partial charge on any atom is -0.394 e. The molecule has 0 saturated carbocycles. The van der Waals surface area contributed by atoms with Gasteiger partial charge in [0.1, 0.15) is 5.78 Å². The molecule has 0 aromatic rings. The summed E-state index contributed by atoms with van der Waals surface area (Å²) < 4.78 is 5.37. The van der Waals surface area contributed by atoms with Crippen molar-refractivity contribution in [3.05, 3.63) is 0 Å². The normalized spacial score (nSPS) is 11.7. The van der Waals surface area contributed by atoms with E-state index in [4.69, 9.17) is 9.84 Å². The Kier molecular flexibility index (Phi) is 5.91. The molecular weight excluding hydrogens is 168 g/mol. The first kappa shape index (κ1) is 12.6. The fourth-order valence-corrected chi connectivity index (χ4v) is 1.01. The molecule has 0 saturated heterocycles. The van der Waals surface area contributed by atoms with E-state index >= 15 is 0 Å². The number of aliphatic hydroxyl groups excluding tert-OH is 1. The van der Waals surface area contributed by atoms with Crippen LogP contribution in [0, 0.1) is 0 Å². The Labute approximate surface area is 80.1 Å². The van der Waals surface area contributed by atoms with Crippen LogP contribution in [-0.2, 0) is 9.53 Å². The van der Waals surface area contributed by atoms with Crippen LogP contribution in [0.5, 0.6) is 0 Å². The number of Topliss-reactive ketones (excluding diaryl/α,β-unsaturated/α-hetero) is 1. The lowest BCUT2D eigenvalue weighted by atomic mass is 10.00. The molecular formula is C10H20O3. The standard InChI is InChI=1S/C10H20O3/c1-4-9(12)5-6-10(2,3)13-8-7-11/h11H,4-8H2,1-3H3. The maximum absolute atomic E-state index is 11.0. The highest BCUT2D eigenvalue weighted by Crippen LogP contribution is 2.16. The van der Waals surface area contributed by atoms with Crippen molar-refractivity contribution in [3.63, 3.8) is 0 Å². The van der Waals surface area contributed by atoms with Crippen molar-refractivity contribution >= 4 is 5.78 Å². The first-order chi connectivity index (χ1) is 6.02. The zero-order valence-electron chi connectivity index (χ0n) is 8.80. The van der Waals surface area contributed by atoms with E-state index in [1.54, 1.807) is 0 Å². The Balaban J connectivity index is 3.67. The molecule has 0 rings (SSSR count). The zero-order chi connectivity index (χ0) is 10.3. The van der Waals surface area contributed by atoms with E-state index in [-0.39, 0.29) is 18.0 Å². The molecule has 13 heavy (non-hydrogen) atoms. The summed E-state index contributed by atoms with van der Waals surface area (Å²) in [6.45, 7) is 6.11. The van der Waals surface area contributed by atoms with E-state index in [0.29, 0.717) is 19.4 Å². The van der Waals surface area contributed by atoms with Crippen LogP contribution in [-0.4, -0.2) is 29.7 Å². The summed E-state index contributed by atoms with van der Waals surface area (Å²) >= 11 is 0. The second kappa shape index (κ2) is 6.11. The molecule has 0 bridgehead atoms. The van der Waals surface area contributed by atoms with Gasteiger partial charge in [-0.25, -0.2) is 0 Å². The van der Waals surface area contributed by atoms with Gasteiger partial charge in [0.25, 0.3) is 0 Å². The van der Waals surface area contributed by atoms with Crippen LogP contribution >= 0.6 is 0 Å². The number of ether oxygens (including phenoxy) is 1. The molecule has 0 fully saturated rings. The topological polar surface area (TPSA) is 46.5 Å². The highest BCUT2D eigenvalue weighted by Gasteiger charge is 2.18. The molecule has 0 unspecified atom stereocenters. The van der Waals surface area contributed by atoms with Gasteiger partial charge in [0, 0.05) is 12.8 Å². The summed E-state index contributed by atoms with van der Waals surface area (Å²) in [5.41, 5.74) is -0.298. The van der Waals surface area contributed by atoms with Gasteiger partial charge in [-0.05, 0) is 20.3 Å². The van der Waals surface area contributed by atoms with E-state index < -0.39 is 0 Å². The van der Waals surface area contributed by atoms with Crippen LogP contribution in [0.3, 0.4) is 0 Å². The van der Waals surface area contributed by atoms with E-state index in [1.807, 2.05) is 20.8 Å². The molecule has 1 N–H and O–H groups in total. The van der Waals surface area contributed by atoms with Crippen molar-refractivity contribution in [1.82, 2.24) is 0 Å². The molecule has 0 aliphatic heterocycles. The van der Waals surface area contributed by atoms with Gasteiger partial charge in [0.2, 0.25) is 0 Å². The molecule has 0 aliphatic carbocycles. The third-order valence-corrected chi connectivity index (χ3v) is 1.98. The first-order valence-electron chi connectivity index (χ1n) is 4.78. The Morgan fingerprint density at radius 1 is 1.46 bits per heavy atom. The number of carbonyl (C=O) groups is 1. The third kappa shape index (κ3) is 6.72. The monoisotopic (exact) mass is 188 g/mol. The number of ketones is 1. The Bertz CT molecular complexity index is 152. The molecule has 0 atom stereocenters. The van der Waals surface area contributed by atoms with Gasteiger partial charge in [-0.1, -0.05) is 6.92 Å². The molecule has 0 amide bonds. The number of rotatable bonds is 7. The van der Waals surface area contributed by atoms with E-state index in [0.717, 1.165) is 6.42 Å². The molecule has 0 radical (unpaired) electrons. The minimum absolute atomic E-state index is 0.0329. The van der Waals surface area contributed by atoms with Gasteiger partial charge in [-0.3, -0.25) is 4.79 Å². The highest BCUT2D eigenvalue weighted by atomic mass is 16.5. The second-order valence-corrected chi connectivity index (χ2v) is 3.72. The largest absolute Gasteiger partial charge is 0.394 e. The van der Waals surface area contributed by atoms with Crippen LogP contribution in [0.15, 0.2) is 0 Å². The molecule has 0 heterocycles. The smallest absolute Gasteiger partial charge is 0.132 e. The molecule has 0 aliphatic rings. The average molecular weight is 188 g/mol. The number of carbonyl (C=O) groups excluding carboxylic acids is 1. The Hall–Kier alpha value is -0.410. The van der Waals surface area contributed by atoms with E-state index in [2.05, 4.69) is 0 Å². The number of hydrogen-bond acceptors (Lipinski definition) is 3. The van der Waals surface area contributed by atoms with Crippen LogP contribution in [0.2, 0.25) is 0 Å². The first-order valence-corrected chi connectivity index (χ1v) is 4.78. The predicted molar refractivity (Wildman–Crippen MR) is 51.6 cm³/mol. The molecule has 0 spiro atoms. The van der Waals surface area contributed by atoms with Gasteiger partial charge >= 0.3 is 0 Å². The fraction of sp³-hybridized carbons (Fsp3) is 0.900. The van der Waals surface area contributed by atoms with Crippen LogP contribution in [0.4, 0.5) is 0 Å². The maximum atomic E-state index is 11.0. The van der Waals surface area contributed by atoms with Gasteiger partial charge < -0.3 is 9.84 Å². The molecule has 0 aromatic heterocycles. The Morgan fingerprint density at radius 3 is 2.54 bits per heavy atom. The zero-order valence-corrected chi connectivity index (χ0v) is 8.80. The van der Waals surface area contributed by atoms with Crippen LogP contribution in [0.25, 0.3) is 0 Å². The number of aliphatic hydroxyl groups is 1. The summed E-state index contributed by atoms with van der Waals surface area (Å²) in [6.07, 6.45) is 1.88. The molecule has 3 heteroatoms. The van der Waals surface area contributed by atoms with Gasteiger partial charge in [0.15, 0.2) is 0 Å². The van der Waals surface area contributed by atoms with Crippen LogP contribution < -0.4 is 0 Å². The summed E-state index contributed by atoms with van der Waals surface area (Å²) in [4.78, 5) is 11.0. The SMILES string of the molecule is CCC(=O)CCC(C)(C)OCCO. The molecule has 3 nitrogen and oxygen atoms in total. The van der Waals surface area contributed by atoms with Crippen molar-refractivity contribution in [2.24, 2.45) is 0 Å². The van der Waals surface area contributed by atoms with Crippen molar-refractivity contribution in [3.8, 4) is 0 Å². The Morgan fingerprint density at radius 2 is 2.08 bits per heavy atom. The third-order valence-electron chi connectivity index (χ3n) is 1.98. The molecule has 78 valence electrons.